The molecule has 0 saturated carbocycles. The molecule has 1 N–H and O–H groups in total. The van der Waals surface area contributed by atoms with Crippen LogP contribution in [-0.4, -0.2) is 11.7 Å². The fraction of sp³-hybridized carbons (Fsp3) is 0.300. The number of hydrogen-bond acceptors (Lipinski definition) is 1. The molecular weight excluding hydrogens is 265 g/mol. The molecule has 4 heteroatoms. The molecule has 2 nitrogen and oxygen atoms in total. The highest BCUT2D eigenvalue weighted by Gasteiger charge is 2.05. The third-order valence-electron chi connectivity index (χ3n) is 1.98. The fourth-order valence-corrected chi connectivity index (χ4v) is 2.07. The van der Waals surface area contributed by atoms with Gasteiger partial charge in [0.2, 0.25) is 6.41 Å². The molecule has 0 unspecified atom stereocenters. The molecule has 0 heterocycles. The van der Waals surface area contributed by atoms with Gasteiger partial charge in [0.05, 0.1) is 0 Å². The van der Waals surface area contributed by atoms with Crippen LogP contribution in [0.1, 0.15) is 11.1 Å². The Hall–Kier alpha value is -0.540. The Morgan fingerprint density at radius 3 is 2.86 bits per heavy atom. The molecule has 0 fully saturated rings. The Bertz CT molecular complexity index is 317. The summed E-state index contributed by atoms with van der Waals surface area (Å²) in [5.74, 6) is 0.416. The molecule has 0 atom stereocenters. The Kier molecular flexibility index (Phi) is 4.98. The predicted octanol–water partition coefficient (Wildman–Crippen LogP) is 2.93. The van der Waals surface area contributed by atoms with Gasteiger partial charge in [-0.25, -0.2) is 0 Å². The van der Waals surface area contributed by atoms with E-state index in [2.05, 4.69) is 21.2 Å². The highest BCUT2D eigenvalue weighted by atomic mass is 79.9. The standard InChI is InChI=1S/C10H11BrClNO/c11-5-4-8-2-1-3-10(13-7-14)9(8)6-12/h1-3,7H,4-6H2,(H,13,14). The minimum absolute atomic E-state index is 0.416. The van der Waals surface area contributed by atoms with E-state index in [9.17, 15) is 4.79 Å². The minimum atomic E-state index is 0.416. The molecule has 0 bridgehead atoms. The van der Waals surface area contributed by atoms with Crippen LogP contribution < -0.4 is 5.32 Å². The summed E-state index contributed by atoms with van der Waals surface area (Å²) in [6, 6.07) is 5.79. The SMILES string of the molecule is O=CNc1cccc(CCBr)c1CCl. The van der Waals surface area contributed by atoms with E-state index < -0.39 is 0 Å². The number of alkyl halides is 2. The first-order valence-electron chi connectivity index (χ1n) is 4.26. The van der Waals surface area contributed by atoms with Crippen molar-refractivity contribution in [1.82, 2.24) is 0 Å². The van der Waals surface area contributed by atoms with Gasteiger partial charge in [-0.2, -0.15) is 0 Å². The molecule has 76 valence electrons. The topological polar surface area (TPSA) is 29.1 Å². The lowest BCUT2D eigenvalue weighted by Crippen LogP contribution is -2.01. The summed E-state index contributed by atoms with van der Waals surface area (Å²) in [5.41, 5.74) is 2.97. The normalized spacial score (nSPS) is 9.86. The highest BCUT2D eigenvalue weighted by Crippen LogP contribution is 2.22. The van der Waals surface area contributed by atoms with Crippen molar-refractivity contribution >= 4 is 39.6 Å². The van der Waals surface area contributed by atoms with E-state index in [1.165, 1.54) is 5.56 Å². The number of rotatable bonds is 5. The number of nitrogens with one attached hydrogen (secondary N) is 1. The van der Waals surface area contributed by atoms with Gasteiger partial charge >= 0.3 is 0 Å². The fourth-order valence-electron chi connectivity index (χ4n) is 1.33. The summed E-state index contributed by atoms with van der Waals surface area (Å²) in [6.07, 6.45) is 1.58. The van der Waals surface area contributed by atoms with Gasteiger partial charge in [-0.15, -0.1) is 11.6 Å². The molecule has 14 heavy (non-hydrogen) atoms. The zero-order chi connectivity index (χ0) is 10.4. The van der Waals surface area contributed by atoms with Crippen LogP contribution in [0.5, 0.6) is 0 Å². The zero-order valence-electron chi connectivity index (χ0n) is 7.59. The van der Waals surface area contributed by atoms with Gasteiger partial charge in [-0.3, -0.25) is 4.79 Å². The van der Waals surface area contributed by atoms with Gasteiger partial charge in [-0.1, -0.05) is 28.1 Å². The summed E-state index contributed by atoms with van der Waals surface area (Å²) in [5, 5.41) is 3.54. The molecule has 1 rings (SSSR count). The van der Waals surface area contributed by atoms with Crippen LogP contribution in [0.25, 0.3) is 0 Å². The molecule has 0 saturated heterocycles. The van der Waals surface area contributed by atoms with Gasteiger partial charge in [0.1, 0.15) is 0 Å². The van der Waals surface area contributed by atoms with E-state index >= 15 is 0 Å². The number of halogens is 2. The van der Waals surface area contributed by atoms with E-state index in [-0.39, 0.29) is 0 Å². The van der Waals surface area contributed by atoms with Crippen molar-refractivity contribution in [3.63, 3.8) is 0 Å². The van der Waals surface area contributed by atoms with Crippen molar-refractivity contribution in [3.05, 3.63) is 29.3 Å². The lowest BCUT2D eigenvalue weighted by atomic mass is 10.0. The van der Waals surface area contributed by atoms with Crippen molar-refractivity contribution in [2.24, 2.45) is 0 Å². The minimum Gasteiger partial charge on any atom is -0.328 e. The number of anilines is 1. The van der Waals surface area contributed by atoms with Crippen molar-refractivity contribution in [3.8, 4) is 0 Å². The zero-order valence-corrected chi connectivity index (χ0v) is 9.94. The molecule has 0 aromatic heterocycles. The van der Waals surface area contributed by atoms with E-state index in [4.69, 9.17) is 11.6 Å². The van der Waals surface area contributed by atoms with Gasteiger partial charge in [-0.05, 0) is 23.6 Å². The summed E-state index contributed by atoms with van der Waals surface area (Å²) in [4.78, 5) is 10.3. The molecule has 1 amide bonds. The average molecular weight is 277 g/mol. The Balaban J connectivity index is 3.03. The largest absolute Gasteiger partial charge is 0.328 e. The second kappa shape index (κ2) is 6.04. The molecule has 0 aliphatic rings. The first-order valence-corrected chi connectivity index (χ1v) is 5.92. The molecule has 0 aliphatic heterocycles. The third-order valence-corrected chi connectivity index (χ3v) is 2.65. The monoisotopic (exact) mass is 275 g/mol. The maximum absolute atomic E-state index is 10.3. The maximum Gasteiger partial charge on any atom is 0.211 e. The van der Waals surface area contributed by atoms with Crippen LogP contribution in [0.15, 0.2) is 18.2 Å². The van der Waals surface area contributed by atoms with Crippen LogP contribution >= 0.6 is 27.5 Å². The van der Waals surface area contributed by atoms with E-state index in [1.54, 1.807) is 0 Å². The Morgan fingerprint density at radius 2 is 2.29 bits per heavy atom. The Labute approximate surface area is 96.8 Å². The lowest BCUT2D eigenvalue weighted by Gasteiger charge is -2.10. The number of benzene rings is 1. The smallest absolute Gasteiger partial charge is 0.211 e. The second-order valence-electron chi connectivity index (χ2n) is 2.78. The lowest BCUT2D eigenvalue weighted by molar-refractivity contribution is -0.105. The summed E-state index contributed by atoms with van der Waals surface area (Å²) < 4.78 is 0. The van der Waals surface area contributed by atoms with Crippen molar-refractivity contribution in [2.75, 3.05) is 10.6 Å². The average Bonchev–Trinajstić information content (AvgIpc) is 2.19. The van der Waals surface area contributed by atoms with Crippen LogP contribution in [0.2, 0.25) is 0 Å². The molecule has 0 spiro atoms. The predicted molar refractivity (Wildman–Crippen MR) is 63.2 cm³/mol. The summed E-state index contributed by atoms with van der Waals surface area (Å²) >= 11 is 9.22. The molecule has 0 aliphatic carbocycles. The number of amides is 1. The summed E-state index contributed by atoms with van der Waals surface area (Å²) in [7, 11) is 0. The van der Waals surface area contributed by atoms with Crippen LogP contribution in [-0.2, 0) is 17.1 Å². The Morgan fingerprint density at radius 1 is 1.50 bits per heavy atom. The van der Waals surface area contributed by atoms with E-state index in [0.717, 1.165) is 23.0 Å². The quantitative estimate of drug-likeness (QED) is 0.650. The highest BCUT2D eigenvalue weighted by molar-refractivity contribution is 9.09. The molecule has 0 radical (unpaired) electrons. The molecular formula is C10H11BrClNO. The third kappa shape index (κ3) is 2.72. The number of carbonyl (C=O) groups excluding carboxylic acids is 1. The van der Waals surface area contributed by atoms with Crippen molar-refractivity contribution in [2.45, 2.75) is 12.3 Å². The van der Waals surface area contributed by atoms with Gasteiger partial charge in [0, 0.05) is 16.9 Å². The van der Waals surface area contributed by atoms with E-state index in [1.807, 2.05) is 18.2 Å². The van der Waals surface area contributed by atoms with Crippen LogP contribution in [0.4, 0.5) is 5.69 Å². The van der Waals surface area contributed by atoms with Crippen molar-refractivity contribution < 1.29 is 4.79 Å². The maximum atomic E-state index is 10.3. The number of carbonyl (C=O) groups is 1. The van der Waals surface area contributed by atoms with Crippen LogP contribution in [0.3, 0.4) is 0 Å². The molecule has 1 aromatic rings. The van der Waals surface area contributed by atoms with Crippen LogP contribution in [0, 0.1) is 0 Å². The number of aryl methyl sites for hydroxylation is 1. The van der Waals surface area contributed by atoms with E-state index in [0.29, 0.717) is 12.3 Å². The summed E-state index contributed by atoms with van der Waals surface area (Å²) in [6.45, 7) is 0. The van der Waals surface area contributed by atoms with Gasteiger partial charge in [0.15, 0.2) is 0 Å². The molecule has 1 aromatic carbocycles. The van der Waals surface area contributed by atoms with Gasteiger partial charge < -0.3 is 5.32 Å². The van der Waals surface area contributed by atoms with Gasteiger partial charge in [0.25, 0.3) is 0 Å². The van der Waals surface area contributed by atoms with Crippen molar-refractivity contribution in [1.29, 1.82) is 0 Å². The second-order valence-corrected chi connectivity index (χ2v) is 3.84. The number of hydrogen-bond donors (Lipinski definition) is 1. The first-order chi connectivity index (χ1) is 6.83. The first kappa shape index (κ1) is 11.5.